The van der Waals surface area contributed by atoms with Gasteiger partial charge in [0.1, 0.15) is 23.1 Å². The van der Waals surface area contributed by atoms with E-state index < -0.39 is 50.6 Å². The maximum atomic E-state index is 15.6. The van der Waals surface area contributed by atoms with Crippen molar-refractivity contribution in [3.05, 3.63) is 128 Å². The van der Waals surface area contributed by atoms with Gasteiger partial charge in [-0.25, -0.2) is 32.2 Å². The molecule has 3 aliphatic rings. The predicted octanol–water partition coefficient (Wildman–Crippen LogP) is 7.98. The number of aryl methyl sites for hydroxylation is 2. The number of nitrogens with zero attached hydrogens (tertiary/aromatic N) is 7. The van der Waals surface area contributed by atoms with Crippen molar-refractivity contribution in [1.29, 1.82) is 0 Å². The number of hydrogen-bond donors (Lipinski definition) is 3. The molecule has 3 aliphatic heterocycles. The predicted molar refractivity (Wildman–Crippen MR) is 283 cm³/mol. The molecule has 10 rings (SSSR count). The number of likely N-dealkylation sites (tertiary alicyclic amines) is 1. The molecule has 8 heterocycles. The van der Waals surface area contributed by atoms with Gasteiger partial charge in [0, 0.05) is 73.0 Å². The number of amides is 3. The van der Waals surface area contributed by atoms with Gasteiger partial charge >= 0.3 is 0 Å². The standard InChI is InChI=1S/C54H56F2N10O8S2/c1-29(2)44(51(68)65-17-10-11-40(65)48-61-53(70)54(4,62-48)34-14-12-31(13-15-34)47-30(3)60-28-75-47)42-22-43(63-74-42)73-18-9-7-8-16-57-50(67)36-21-41-37(19-32(36)27-76(6,71)72)38-26-64(5)52(69)46-45(38)33(23-58-46)25-66(41)49-39(56)20-35(55)24-59-49/h12-15,19-24,26,28-29,40,44,58H,7-11,16-18,25,27H2,1-6H3,(H,57,67)(H,61,62,70)/t40-,44?,54+/m0/s1. The lowest BCUT2D eigenvalue weighted by molar-refractivity contribution is -0.134. The topological polar surface area (TPSA) is 227 Å². The number of carbonyl (C=O) groups is 3. The molecule has 1 fully saturated rings. The number of unbranched alkanes of at least 4 members (excludes halogenated alkanes) is 2. The molecule has 396 valence electrons. The Hall–Kier alpha value is -7.59. The third-order valence-electron chi connectivity index (χ3n) is 14.4. The number of nitrogens with one attached hydrogen (secondary N) is 3. The fourth-order valence-electron chi connectivity index (χ4n) is 10.5. The monoisotopic (exact) mass is 1070 g/mol. The average Bonchev–Trinajstić information content (AvgIpc) is 4.30. The molecule has 3 amide bonds. The fourth-order valence-corrected chi connectivity index (χ4v) is 12.1. The van der Waals surface area contributed by atoms with Crippen molar-refractivity contribution in [2.75, 3.05) is 30.9 Å². The summed E-state index contributed by atoms with van der Waals surface area (Å²) in [6.07, 6.45) is 8.27. The number of fused-ring (bicyclic) bond motifs is 2. The van der Waals surface area contributed by atoms with E-state index in [-0.39, 0.29) is 71.3 Å². The molecule has 3 atom stereocenters. The second kappa shape index (κ2) is 20.5. The molecule has 0 radical (unpaired) electrons. The highest BCUT2D eigenvalue weighted by molar-refractivity contribution is 7.89. The minimum Gasteiger partial charge on any atom is -0.476 e. The maximum absolute atomic E-state index is 15.6. The minimum atomic E-state index is -3.69. The van der Waals surface area contributed by atoms with Crippen molar-refractivity contribution in [2.45, 2.75) is 89.6 Å². The number of aromatic amines is 1. The van der Waals surface area contributed by atoms with E-state index in [1.165, 1.54) is 15.5 Å². The van der Waals surface area contributed by atoms with Gasteiger partial charge in [-0.2, -0.15) is 0 Å². The number of thiazole rings is 1. The molecule has 7 aromatic rings. The third-order valence-corrected chi connectivity index (χ3v) is 16.2. The van der Waals surface area contributed by atoms with Crippen LogP contribution in [0.3, 0.4) is 0 Å². The van der Waals surface area contributed by atoms with Gasteiger partial charge in [-0.05, 0) is 91.4 Å². The number of hydrogen-bond acceptors (Lipinski definition) is 14. The SMILES string of the molecule is Cc1ncsc1-c1ccc([C@@]2(C)N=C([C@@H]3CCCN3C(=O)C(c3cc(OCCCCCNC(=O)c4cc5c(cc4CS(C)(=O)=O)-c4cn(C)c(=O)c6[nH]cc(c46)CN5c4ncc(F)cc4F)no3)C(C)C)NC2=O)cc1. The van der Waals surface area contributed by atoms with Crippen molar-refractivity contribution in [2.24, 2.45) is 18.0 Å². The molecule has 1 unspecified atom stereocenters. The number of sulfone groups is 1. The van der Waals surface area contributed by atoms with Gasteiger partial charge in [0.25, 0.3) is 23.3 Å². The minimum absolute atomic E-state index is 0.0206. The van der Waals surface area contributed by atoms with Crippen LogP contribution in [0.1, 0.15) is 97.3 Å². The zero-order valence-corrected chi connectivity index (χ0v) is 44.3. The number of H-pyrrole nitrogens is 1. The molecule has 0 aliphatic carbocycles. The molecule has 0 saturated carbocycles. The van der Waals surface area contributed by atoms with Gasteiger partial charge in [0.05, 0.1) is 52.9 Å². The van der Waals surface area contributed by atoms with Crippen LogP contribution in [0, 0.1) is 24.5 Å². The van der Waals surface area contributed by atoms with Gasteiger partial charge in [-0.1, -0.05) is 38.1 Å². The van der Waals surface area contributed by atoms with Gasteiger partial charge in [0.15, 0.2) is 32.8 Å². The molecular formula is C54H56F2N10O8S2. The Balaban J connectivity index is 0.777. The van der Waals surface area contributed by atoms with Crippen LogP contribution in [0.4, 0.5) is 20.3 Å². The van der Waals surface area contributed by atoms with Crippen LogP contribution < -0.4 is 25.8 Å². The number of aromatic nitrogens is 5. The first-order chi connectivity index (χ1) is 36.3. The number of halogens is 2. The van der Waals surface area contributed by atoms with Gasteiger partial charge in [-0.15, -0.1) is 11.3 Å². The number of aliphatic imine (C=N–C) groups is 1. The lowest BCUT2D eigenvalue weighted by Crippen LogP contribution is -2.48. The fraction of sp³-hybridized carbons (Fsp3) is 0.370. The summed E-state index contributed by atoms with van der Waals surface area (Å²) in [7, 11) is -2.12. The third kappa shape index (κ3) is 9.90. The van der Waals surface area contributed by atoms with Crippen LogP contribution in [-0.2, 0) is 44.3 Å². The van der Waals surface area contributed by atoms with Crippen molar-refractivity contribution < 1.29 is 40.8 Å². The van der Waals surface area contributed by atoms with E-state index in [9.17, 15) is 32.0 Å². The van der Waals surface area contributed by atoms with E-state index in [4.69, 9.17) is 14.3 Å². The number of amidine groups is 1. The molecule has 18 nitrogen and oxygen atoms in total. The van der Waals surface area contributed by atoms with Crippen LogP contribution in [0.25, 0.3) is 32.5 Å². The molecule has 0 bridgehead atoms. The Bertz CT molecular complexity index is 3640. The first-order valence-electron chi connectivity index (χ1n) is 25.0. The zero-order valence-electron chi connectivity index (χ0n) is 42.7. The van der Waals surface area contributed by atoms with Crippen LogP contribution in [0.15, 0.2) is 86.9 Å². The summed E-state index contributed by atoms with van der Waals surface area (Å²) in [5.41, 5.74) is 5.41. The molecule has 22 heteroatoms. The highest BCUT2D eigenvalue weighted by Crippen LogP contribution is 2.45. The van der Waals surface area contributed by atoms with Crippen LogP contribution in [0.2, 0.25) is 0 Å². The van der Waals surface area contributed by atoms with Gasteiger partial charge < -0.3 is 39.2 Å². The number of pyridine rings is 2. The maximum Gasteiger partial charge on any atom is 0.274 e. The summed E-state index contributed by atoms with van der Waals surface area (Å²) >= 11 is 1.56. The Morgan fingerprint density at radius 3 is 2.57 bits per heavy atom. The summed E-state index contributed by atoms with van der Waals surface area (Å²) in [5, 5.41) is 10.6. The van der Waals surface area contributed by atoms with Crippen molar-refractivity contribution in [1.82, 2.24) is 40.2 Å². The number of anilines is 2. The molecule has 1 saturated heterocycles. The molecule has 3 N–H and O–H groups in total. The van der Waals surface area contributed by atoms with Crippen molar-refractivity contribution in [3.8, 4) is 27.4 Å². The van der Waals surface area contributed by atoms with Crippen molar-refractivity contribution >= 4 is 67.1 Å². The summed E-state index contributed by atoms with van der Waals surface area (Å²) in [5.74, 6) is -3.36. The lowest BCUT2D eigenvalue weighted by atomic mass is 9.91. The number of carbonyl (C=O) groups excluding carboxylic acids is 3. The van der Waals surface area contributed by atoms with E-state index in [2.05, 4.69) is 30.7 Å². The molecule has 5 aromatic heterocycles. The van der Waals surface area contributed by atoms with Gasteiger partial charge in [-0.3, -0.25) is 19.2 Å². The highest BCUT2D eigenvalue weighted by atomic mass is 32.2. The Morgan fingerprint density at radius 1 is 1.05 bits per heavy atom. The summed E-state index contributed by atoms with van der Waals surface area (Å²) in [6.45, 7) is 8.56. The second-order valence-electron chi connectivity index (χ2n) is 20.2. The largest absolute Gasteiger partial charge is 0.476 e. The zero-order chi connectivity index (χ0) is 53.8. The Morgan fingerprint density at radius 2 is 1.84 bits per heavy atom. The molecule has 2 aromatic carbocycles. The number of rotatable bonds is 17. The second-order valence-corrected chi connectivity index (χ2v) is 23.2. The number of benzene rings is 2. The number of ether oxygens (including phenoxy) is 1. The summed E-state index contributed by atoms with van der Waals surface area (Å²) < 4.78 is 68.5. The smallest absolute Gasteiger partial charge is 0.274 e. The Kier molecular flexibility index (Phi) is 14.0. The summed E-state index contributed by atoms with van der Waals surface area (Å²) in [4.78, 5) is 76.0. The molecular weight excluding hydrogens is 1020 g/mol. The quantitative estimate of drug-likeness (QED) is 0.0738. The van der Waals surface area contributed by atoms with Crippen LogP contribution in [-0.4, -0.2) is 93.5 Å². The van der Waals surface area contributed by atoms with E-state index in [0.717, 1.165) is 40.6 Å². The lowest BCUT2D eigenvalue weighted by Gasteiger charge is -2.29. The average molecular weight is 1080 g/mol. The van der Waals surface area contributed by atoms with Crippen molar-refractivity contribution in [3.63, 3.8) is 0 Å². The molecule has 76 heavy (non-hydrogen) atoms. The summed E-state index contributed by atoms with van der Waals surface area (Å²) in [6, 6.07) is 12.8. The van der Waals surface area contributed by atoms with E-state index in [1.54, 1.807) is 54.7 Å². The van der Waals surface area contributed by atoms with E-state index >= 15 is 4.39 Å². The van der Waals surface area contributed by atoms with E-state index in [0.29, 0.717) is 77.7 Å². The first kappa shape index (κ1) is 51.9. The highest BCUT2D eigenvalue weighted by Gasteiger charge is 2.47. The van der Waals surface area contributed by atoms with E-state index in [1.807, 2.05) is 50.5 Å². The normalized spacial score (nSPS) is 17.7. The van der Waals surface area contributed by atoms with Crippen LogP contribution >= 0.6 is 11.3 Å². The molecule has 0 spiro atoms. The Labute approximate surface area is 440 Å². The van der Waals surface area contributed by atoms with Crippen LogP contribution in [0.5, 0.6) is 5.88 Å². The first-order valence-corrected chi connectivity index (χ1v) is 28.0. The van der Waals surface area contributed by atoms with Gasteiger partial charge in [0.2, 0.25) is 5.91 Å².